The summed E-state index contributed by atoms with van der Waals surface area (Å²) >= 11 is 0. The van der Waals surface area contributed by atoms with E-state index in [0.717, 1.165) is 49.2 Å². The Kier molecular flexibility index (Phi) is 6.81. The van der Waals surface area contributed by atoms with Gasteiger partial charge in [0, 0.05) is 23.4 Å². The van der Waals surface area contributed by atoms with Crippen molar-refractivity contribution in [3.05, 3.63) is 29.9 Å². The minimum absolute atomic E-state index is 0.359. The second-order valence-corrected chi connectivity index (χ2v) is 7.30. The first kappa shape index (κ1) is 19.4. The van der Waals surface area contributed by atoms with Crippen LogP contribution in [0.1, 0.15) is 43.4 Å². The smallest absolute Gasteiger partial charge is 0.230 e. The lowest BCUT2D eigenvalue weighted by molar-refractivity contribution is 0.403. The van der Waals surface area contributed by atoms with E-state index in [9.17, 15) is 0 Å². The summed E-state index contributed by atoms with van der Waals surface area (Å²) in [6, 6.07) is 1.95. The highest BCUT2D eigenvalue weighted by Crippen LogP contribution is 2.29. The maximum atomic E-state index is 6.05. The Morgan fingerprint density at radius 3 is 2.78 bits per heavy atom. The molecule has 0 atom stereocenters. The van der Waals surface area contributed by atoms with E-state index >= 15 is 0 Å². The maximum Gasteiger partial charge on any atom is 0.230 e. The molecule has 27 heavy (non-hydrogen) atoms. The van der Waals surface area contributed by atoms with Crippen molar-refractivity contribution in [2.24, 2.45) is 10.7 Å². The quantitative estimate of drug-likeness (QED) is 0.461. The molecular weight excluding hydrogens is 340 g/mol. The lowest BCUT2D eigenvalue weighted by Gasteiger charge is -2.17. The maximum absolute atomic E-state index is 6.05. The molecule has 2 heterocycles. The highest BCUT2D eigenvalue weighted by molar-refractivity contribution is 5.90. The number of furan rings is 1. The number of anilines is 1. The topological polar surface area (TPSA) is 92.6 Å². The Hall–Kier alpha value is -2.41. The predicted octanol–water partition coefficient (Wildman–Crippen LogP) is 3.07. The number of guanidine groups is 1. The fourth-order valence-corrected chi connectivity index (χ4v) is 3.38. The summed E-state index contributed by atoms with van der Waals surface area (Å²) in [5.41, 5.74) is 10.3. The summed E-state index contributed by atoms with van der Waals surface area (Å²) in [6.45, 7) is 1.66. The number of aliphatic imine (C=N–C) groups is 1. The van der Waals surface area contributed by atoms with Crippen LogP contribution in [-0.4, -0.2) is 48.0 Å². The molecule has 3 N–H and O–H groups in total. The molecule has 2 aromatic rings. The monoisotopic (exact) mass is 370 g/mol. The average molecular weight is 371 g/mol. The van der Waals surface area contributed by atoms with E-state index in [2.05, 4.69) is 29.3 Å². The molecule has 7 nitrogen and oxygen atoms in total. The van der Waals surface area contributed by atoms with Gasteiger partial charge in [-0.25, -0.2) is 9.97 Å². The number of aryl methyl sites for hydroxylation is 1. The number of nitrogens with two attached hydrogens (primary N) is 1. The van der Waals surface area contributed by atoms with Gasteiger partial charge in [-0.05, 0) is 58.8 Å². The Bertz CT molecular complexity index is 754. The van der Waals surface area contributed by atoms with Gasteiger partial charge in [0.1, 0.15) is 0 Å². The lowest BCUT2D eigenvalue weighted by Crippen LogP contribution is -2.25. The molecule has 0 radical (unpaired) electrons. The van der Waals surface area contributed by atoms with E-state index in [-0.39, 0.29) is 0 Å². The van der Waals surface area contributed by atoms with E-state index in [1.165, 1.54) is 24.8 Å². The van der Waals surface area contributed by atoms with Crippen LogP contribution >= 0.6 is 0 Å². The highest BCUT2D eigenvalue weighted by atomic mass is 16.3. The van der Waals surface area contributed by atoms with Crippen molar-refractivity contribution in [1.29, 1.82) is 0 Å². The third-order valence-electron chi connectivity index (χ3n) is 4.76. The Morgan fingerprint density at radius 1 is 1.22 bits per heavy atom. The van der Waals surface area contributed by atoms with Gasteiger partial charge in [0.2, 0.25) is 5.95 Å². The molecule has 0 amide bonds. The van der Waals surface area contributed by atoms with Crippen LogP contribution in [0, 0.1) is 0 Å². The van der Waals surface area contributed by atoms with Crippen LogP contribution in [0.15, 0.2) is 28.0 Å². The molecule has 7 heteroatoms. The molecule has 1 aliphatic rings. The lowest BCUT2D eigenvalue weighted by atomic mass is 9.94. The number of fused-ring (bicyclic) bond motifs is 1. The first-order valence-corrected chi connectivity index (χ1v) is 9.77. The molecule has 0 aromatic carbocycles. The molecule has 0 bridgehead atoms. The summed E-state index contributed by atoms with van der Waals surface area (Å²) in [6.07, 6.45) is 11.2. The van der Waals surface area contributed by atoms with Crippen LogP contribution < -0.4 is 11.1 Å². The van der Waals surface area contributed by atoms with E-state index in [1.54, 1.807) is 12.5 Å². The standard InChI is InChI=1S/C20H30N6O/c1-26(2)12-7-11-22-19(21)25-20-23-17-9-6-4-3-5-8-16(17)18(24-20)15-10-13-27-14-15/h10,13-14H,3-9,11-12H2,1-2H3,(H3,21,22,23,24,25). The molecule has 3 rings (SSSR count). The van der Waals surface area contributed by atoms with E-state index in [0.29, 0.717) is 18.5 Å². The number of hydrogen-bond donors (Lipinski definition) is 2. The minimum Gasteiger partial charge on any atom is -0.472 e. The predicted molar refractivity (Wildman–Crippen MR) is 109 cm³/mol. The molecule has 0 saturated carbocycles. The van der Waals surface area contributed by atoms with Crippen LogP contribution in [0.4, 0.5) is 5.95 Å². The van der Waals surface area contributed by atoms with Crippen molar-refractivity contribution < 1.29 is 4.42 Å². The first-order valence-electron chi connectivity index (χ1n) is 9.77. The largest absolute Gasteiger partial charge is 0.472 e. The van der Waals surface area contributed by atoms with Gasteiger partial charge < -0.3 is 15.1 Å². The van der Waals surface area contributed by atoms with E-state index < -0.39 is 0 Å². The molecule has 0 unspecified atom stereocenters. The van der Waals surface area contributed by atoms with Crippen molar-refractivity contribution in [2.45, 2.75) is 44.9 Å². The number of nitrogens with one attached hydrogen (secondary N) is 1. The zero-order chi connectivity index (χ0) is 19.1. The summed E-state index contributed by atoms with van der Waals surface area (Å²) < 4.78 is 5.29. The molecule has 2 aromatic heterocycles. The van der Waals surface area contributed by atoms with Crippen molar-refractivity contribution in [3.63, 3.8) is 0 Å². The van der Waals surface area contributed by atoms with Crippen LogP contribution in [-0.2, 0) is 12.8 Å². The Morgan fingerprint density at radius 2 is 2.04 bits per heavy atom. The molecule has 146 valence electrons. The van der Waals surface area contributed by atoms with Gasteiger partial charge in [0.15, 0.2) is 5.96 Å². The molecule has 0 fully saturated rings. The summed E-state index contributed by atoms with van der Waals surface area (Å²) in [7, 11) is 4.10. The number of nitrogens with zero attached hydrogens (tertiary/aromatic N) is 4. The molecular formula is C20H30N6O. The fraction of sp³-hybridized carbons (Fsp3) is 0.550. The van der Waals surface area contributed by atoms with Gasteiger partial charge in [-0.1, -0.05) is 12.8 Å². The first-order chi connectivity index (χ1) is 13.1. The van der Waals surface area contributed by atoms with Crippen LogP contribution in [0.3, 0.4) is 0 Å². The number of hydrogen-bond acceptors (Lipinski definition) is 5. The van der Waals surface area contributed by atoms with Crippen molar-refractivity contribution in [1.82, 2.24) is 14.9 Å². The third-order valence-corrected chi connectivity index (χ3v) is 4.76. The van der Waals surface area contributed by atoms with Crippen LogP contribution in [0.5, 0.6) is 0 Å². The number of aromatic nitrogens is 2. The Labute approximate surface area is 161 Å². The van der Waals surface area contributed by atoms with Gasteiger partial charge in [-0.15, -0.1) is 0 Å². The third kappa shape index (κ3) is 5.53. The zero-order valence-corrected chi connectivity index (χ0v) is 16.4. The van der Waals surface area contributed by atoms with Crippen molar-refractivity contribution in [3.8, 4) is 11.3 Å². The van der Waals surface area contributed by atoms with Gasteiger partial charge in [-0.2, -0.15) is 0 Å². The van der Waals surface area contributed by atoms with Gasteiger partial charge in [-0.3, -0.25) is 10.3 Å². The molecule has 0 saturated heterocycles. The second-order valence-electron chi connectivity index (χ2n) is 7.30. The van der Waals surface area contributed by atoms with Gasteiger partial charge in [0.05, 0.1) is 18.2 Å². The van der Waals surface area contributed by atoms with E-state index in [4.69, 9.17) is 20.1 Å². The van der Waals surface area contributed by atoms with Gasteiger partial charge >= 0.3 is 0 Å². The second kappa shape index (κ2) is 9.50. The minimum atomic E-state index is 0.359. The van der Waals surface area contributed by atoms with Gasteiger partial charge in [0.25, 0.3) is 0 Å². The zero-order valence-electron chi connectivity index (χ0n) is 16.4. The summed E-state index contributed by atoms with van der Waals surface area (Å²) in [5, 5.41) is 3.08. The highest BCUT2D eigenvalue weighted by Gasteiger charge is 2.18. The average Bonchev–Trinajstić information content (AvgIpc) is 3.14. The van der Waals surface area contributed by atoms with E-state index in [1.807, 2.05) is 6.07 Å². The molecule has 0 aliphatic heterocycles. The normalized spacial score (nSPS) is 15.3. The van der Waals surface area contributed by atoms with Crippen molar-refractivity contribution in [2.75, 3.05) is 32.5 Å². The summed E-state index contributed by atoms with van der Waals surface area (Å²) in [5.74, 6) is 0.872. The SMILES string of the molecule is CN(C)CCCN=C(N)Nc1nc2c(c(-c3ccoc3)n1)CCCCCC2. The molecule has 0 spiro atoms. The van der Waals surface area contributed by atoms with Crippen LogP contribution in [0.2, 0.25) is 0 Å². The fourth-order valence-electron chi connectivity index (χ4n) is 3.38. The van der Waals surface area contributed by atoms with Crippen LogP contribution in [0.25, 0.3) is 11.3 Å². The molecule has 1 aliphatic carbocycles. The Balaban J connectivity index is 1.82. The summed E-state index contributed by atoms with van der Waals surface area (Å²) in [4.78, 5) is 16.0. The van der Waals surface area contributed by atoms with Crippen molar-refractivity contribution >= 4 is 11.9 Å². The number of rotatable bonds is 6.